The fourth-order valence-corrected chi connectivity index (χ4v) is 2.60. The van der Waals surface area contributed by atoms with Gasteiger partial charge < -0.3 is 9.67 Å². The van der Waals surface area contributed by atoms with Crippen LogP contribution in [0.15, 0.2) is 42.5 Å². The minimum atomic E-state index is 0.102. The lowest BCUT2D eigenvalue weighted by Crippen LogP contribution is -2.04. The van der Waals surface area contributed by atoms with E-state index in [0.29, 0.717) is 6.54 Å². The van der Waals surface area contributed by atoms with Gasteiger partial charge in [0.2, 0.25) is 0 Å². The van der Waals surface area contributed by atoms with Crippen molar-refractivity contribution in [2.45, 2.75) is 20.4 Å². The lowest BCUT2D eigenvalue weighted by molar-refractivity contribution is 0.277. The quantitative estimate of drug-likeness (QED) is 0.794. The molecule has 0 radical (unpaired) electrons. The summed E-state index contributed by atoms with van der Waals surface area (Å²) in [6, 6.07) is 14.4. The van der Waals surface area contributed by atoms with Gasteiger partial charge in [0, 0.05) is 6.54 Å². The zero-order valence-electron chi connectivity index (χ0n) is 13.0. The lowest BCUT2D eigenvalue weighted by atomic mass is 10.1. The van der Waals surface area contributed by atoms with E-state index in [1.807, 2.05) is 24.3 Å². The lowest BCUT2D eigenvalue weighted by Gasteiger charge is -2.06. The first-order valence-corrected chi connectivity index (χ1v) is 7.50. The summed E-state index contributed by atoms with van der Waals surface area (Å²) in [5.74, 6) is 0.873. The number of aryl methyl sites for hydroxylation is 2. The Balaban J connectivity index is 2.08. The summed E-state index contributed by atoms with van der Waals surface area (Å²) < 4.78 is 2.07. The number of rotatable bonds is 4. The van der Waals surface area contributed by atoms with Gasteiger partial charge in [-0.25, -0.2) is 4.98 Å². The Kier molecular flexibility index (Phi) is 4.07. The van der Waals surface area contributed by atoms with Crippen molar-refractivity contribution in [3.63, 3.8) is 0 Å². The van der Waals surface area contributed by atoms with Crippen LogP contribution in [0.2, 0.25) is 0 Å². The fourth-order valence-electron chi connectivity index (χ4n) is 2.60. The highest BCUT2D eigenvalue weighted by molar-refractivity contribution is 5.81. The molecule has 0 fully saturated rings. The number of imidazole rings is 1. The molecule has 1 aromatic heterocycles. The monoisotopic (exact) mass is 292 g/mol. The third-order valence-corrected chi connectivity index (χ3v) is 3.94. The van der Waals surface area contributed by atoms with E-state index in [4.69, 9.17) is 4.98 Å². The number of hydrogen-bond acceptors (Lipinski definition) is 2. The molecule has 1 N–H and O–H groups in total. The molecular weight excluding hydrogens is 272 g/mol. The van der Waals surface area contributed by atoms with Gasteiger partial charge in [-0.15, -0.1) is 0 Å². The Labute approximate surface area is 130 Å². The number of aromatic nitrogens is 2. The molecule has 3 nitrogen and oxygen atoms in total. The van der Waals surface area contributed by atoms with Gasteiger partial charge in [0.15, 0.2) is 0 Å². The van der Waals surface area contributed by atoms with Gasteiger partial charge >= 0.3 is 0 Å². The Hall–Kier alpha value is -2.39. The van der Waals surface area contributed by atoms with Crippen molar-refractivity contribution < 1.29 is 5.11 Å². The number of fused-ring (bicyclic) bond motifs is 1. The highest BCUT2D eigenvalue weighted by Crippen LogP contribution is 2.22. The van der Waals surface area contributed by atoms with Crippen molar-refractivity contribution in [1.29, 1.82) is 0 Å². The smallest absolute Gasteiger partial charge is 0.133 e. The molecule has 0 saturated carbocycles. The highest BCUT2D eigenvalue weighted by Gasteiger charge is 2.09. The van der Waals surface area contributed by atoms with Crippen LogP contribution < -0.4 is 0 Å². The zero-order chi connectivity index (χ0) is 15.5. The van der Waals surface area contributed by atoms with Crippen LogP contribution >= 0.6 is 0 Å². The maximum atomic E-state index is 9.36. The molecule has 0 spiro atoms. The molecule has 0 bridgehead atoms. The Morgan fingerprint density at radius 2 is 1.77 bits per heavy atom. The van der Waals surface area contributed by atoms with Gasteiger partial charge in [-0.3, -0.25) is 0 Å². The zero-order valence-corrected chi connectivity index (χ0v) is 13.0. The Morgan fingerprint density at radius 3 is 2.50 bits per heavy atom. The molecule has 0 atom stereocenters. The topological polar surface area (TPSA) is 38.0 Å². The molecule has 0 saturated heterocycles. The standard InChI is InChI=1S/C19H20N2O/c1-14-12-17-18(13-15(14)2)21(10-11-22)19(20-17)9-8-16-6-4-3-5-7-16/h3-9,12-13,22H,10-11H2,1-2H3/b9-8+. The van der Waals surface area contributed by atoms with E-state index in [-0.39, 0.29) is 6.61 Å². The normalized spacial score (nSPS) is 11.6. The van der Waals surface area contributed by atoms with Crippen LogP contribution in [0.5, 0.6) is 0 Å². The maximum absolute atomic E-state index is 9.36. The van der Waals surface area contributed by atoms with Crippen LogP contribution in [0, 0.1) is 13.8 Å². The van der Waals surface area contributed by atoms with Crippen molar-refractivity contribution in [1.82, 2.24) is 9.55 Å². The first kappa shape index (κ1) is 14.5. The minimum Gasteiger partial charge on any atom is -0.395 e. The first-order valence-electron chi connectivity index (χ1n) is 7.50. The second-order valence-corrected chi connectivity index (χ2v) is 5.51. The number of hydrogen-bond donors (Lipinski definition) is 1. The summed E-state index contributed by atoms with van der Waals surface area (Å²) in [5.41, 5.74) is 5.66. The molecule has 0 aliphatic carbocycles. The van der Waals surface area contributed by atoms with E-state index in [1.165, 1.54) is 11.1 Å². The molecular formula is C19H20N2O. The van der Waals surface area contributed by atoms with Gasteiger partial charge in [0.25, 0.3) is 0 Å². The average molecular weight is 292 g/mol. The van der Waals surface area contributed by atoms with Crippen molar-refractivity contribution >= 4 is 23.2 Å². The number of aliphatic hydroxyl groups excluding tert-OH is 1. The molecule has 112 valence electrons. The Bertz CT molecular complexity index is 816. The predicted molar refractivity (Wildman–Crippen MR) is 91.7 cm³/mol. The van der Waals surface area contributed by atoms with Gasteiger partial charge in [0.1, 0.15) is 5.82 Å². The summed E-state index contributed by atoms with van der Waals surface area (Å²) in [6.07, 6.45) is 4.06. The molecule has 0 aliphatic rings. The van der Waals surface area contributed by atoms with E-state index in [2.05, 4.69) is 48.8 Å². The largest absolute Gasteiger partial charge is 0.395 e. The van der Waals surface area contributed by atoms with Crippen molar-refractivity contribution in [2.24, 2.45) is 0 Å². The second kappa shape index (κ2) is 6.16. The molecule has 1 heterocycles. The molecule has 0 aliphatic heterocycles. The summed E-state index contributed by atoms with van der Waals surface area (Å²) in [5, 5.41) is 9.36. The molecule has 22 heavy (non-hydrogen) atoms. The van der Waals surface area contributed by atoms with Gasteiger partial charge in [-0.2, -0.15) is 0 Å². The molecule has 3 rings (SSSR count). The van der Waals surface area contributed by atoms with Crippen LogP contribution in [0.1, 0.15) is 22.5 Å². The van der Waals surface area contributed by atoms with Gasteiger partial charge in [-0.1, -0.05) is 36.4 Å². The number of nitrogens with zero attached hydrogens (tertiary/aromatic N) is 2. The Morgan fingerprint density at radius 1 is 1.05 bits per heavy atom. The molecule has 3 aromatic rings. The van der Waals surface area contributed by atoms with Crippen molar-refractivity contribution in [3.8, 4) is 0 Å². The SMILES string of the molecule is Cc1cc2nc(/C=C/c3ccccc3)n(CCO)c2cc1C. The number of benzene rings is 2. The van der Waals surface area contributed by atoms with Crippen LogP contribution in [0.4, 0.5) is 0 Å². The molecule has 2 aromatic carbocycles. The summed E-state index contributed by atoms with van der Waals surface area (Å²) in [7, 11) is 0. The van der Waals surface area contributed by atoms with E-state index < -0.39 is 0 Å². The van der Waals surface area contributed by atoms with E-state index in [0.717, 1.165) is 22.4 Å². The average Bonchev–Trinajstić information content (AvgIpc) is 2.84. The van der Waals surface area contributed by atoms with Crippen LogP contribution in [-0.4, -0.2) is 21.3 Å². The van der Waals surface area contributed by atoms with Crippen molar-refractivity contribution in [2.75, 3.05) is 6.61 Å². The fraction of sp³-hybridized carbons (Fsp3) is 0.211. The van der Waals surface area contributed by atoms with E-state index in [9.17, 15) is 5.11 Å². The van der Waals surface area contributed by atoms with Crippen LogP contribution in [-0.2, 0) is 6.54 Å². The highest BCUT2D eigenvalue weighted by atomic mass is 16.3. The van der Waals surface area contributed by atoms with Gasteiger partial charge in [-0.05, 0) is 48.7 Å². The summed E-state index contributed by atoms with van der Waals surface area (Å²) in [4.78, 5) is 4.71. The second-order valence-electron chi connectivity index (χ2n) is 5.51. The predicted octanol–water partition coefficient (Wildman–Crippen LogP) is 3.82. The van der Waals surface area contributed by atoms with E-state index in [1.54, 1.807) is 0 Å². The van der Waals surface area contributed by atoms with Gasteiger partial charge in [0.05, 0.1) is 17.6 Å². The number of aliphatic hydroxyl groups is 1. The molecule has 0 amide bonds. The maximum Gasteiger partial charge on any atom is 0.133 e. The summed E-state index contributed by atoms with van der Waals surface area (Å²) >= 11 is 0. The first-order chi connectivity index (χ1) is 10.7. The summed E-state index contributed by atoms with van der Waals surface area (Å²) in [6.45, 7) is 4.85. The molecule has 0 unspecified atom stereocenters. The van der Waals surface area contributed by atoms with E-state index >= 15 is 0 Å². The van der Waals surface area contributed by atoms with Crippen molar-refractivity contribution in [3.05, 3.63) is 65.0 Å². The van der Waals surface area contributed by atoms with Crippen LogP contribution in [0.25, 0.3) is 23.2 Å². The third-order valence-electron chi connectivity index (χ3n) is 3.94. The third kappa shape index (κ3) is 2.81. The molecule has 3 heteroatoms. The van der Waals surface area contributed by atoms with Crippen LogP contribution in [0.3, 0.4) is 0 Å². The minimum absolute atomic E-state index is 0.102.